The summed E-state index contributed by atoms with van der Waals surface area (Å²) < 4.78 is 6.20. The third-order valence-corrected chi connectivity index (χ3v) is 6.71. The zero-order valence-electron chi connectivity index (χ0n) is 21.3. The molecule has 0 aliphatic rings. The van der Waals surface area contributed by atoms with E-state index in [9.17, 15) is 9.90 Å². The van der Waals surface area contributed by atoms with Gasteiger partial charge in [-0.25, -0.2) is 0 Å². The lowest BCUT2D eigenvalue weighted by Gasteiger charge is -2.30. The Balaban J connectivity index is 1.80. The van der Waals surface area contributed by atoms with Crippen molar-refractivity contribution in [3.05, 3.63) is 53.6 Å². The van der Waals surface area contributed by atoms with Crippen molar-refractivity contribution >= 4 is 11.6 Å². The van der Waals surface area contributed by atoms with Gasteiger partial charge in [0.15, 0.2) is 0 Å². The van der Waals surface area contributed by atoms with Crippen molar-refractivity contribution in [2.24, 2.45) is 0 Å². The maximum atomic E-state index is 12.0. The van der Waals surface area contributed by atoms with Crippen LogP contribution in [-0.2, 0) is 15.6 Å². The molecular formula is C28H42N2O3. The fourth-order valence-electron chi connectivity index (χ4n) is 3.50. The molecule has 33 heavy (non-hydrogen) atoms. The summed E-state index contributed by atoms with van der Waals surface area (Å²) in [7, 11) is 0. The summed E-state index contributed by atoms with van der Waals surface area (Å²) in [6, 6.07) is 13.4. The molecule has 3 N–H and O–H groups in total. The van der Waals surface area contributed by atoms with Crippen LogP contribution in [0, 0.1) is 0 Å². The highest BCUT2D eigenvalue weighted by Crippen LogP contribution is 2.38. The number of hydrogen-bond acceptors (Lipinski definition) is 4. The van der Waals surface area contributed by atoms with Crippen LogP contribution in [0.15, 0.2) is 42.5 Å². The lowest BCUT2D eigenvalue weighted by atomic mass is 9.76. The smallest absolute Gasteiger partial charge is 0.239 e. The summed E-state index contributed by atoms with van der Waals surface area (Å²) in [5, 5.41) is 15.4. The standard InChI is InChI=1S/C28H42N2O3/c1-7-27(3,4)21-14-15-25(24(18-21)28(5,6)8-2)33-17-10-9-16-29-26(32)20-30-22-12-11-13-23(31)19-22/h11-15,18-19,30-31H,7-10,16-17,20H2,1-6H3,(H,29,32). The predicted molar refractivity (Wildman–Crippen MR) is 137 cm³/mol. The number of hydrogen-bond donors (Lipinski definition) is 3. The molecule has 0 spiro atoms. The first-order chi connectivity index (χ1) is 15.6. The molecule has 0 atom stereocenters. The Morgan fingerprint density at radius 1 is 0.970 bits per heavy atom. The summed E-state index contributed by atoms with van der Waals surface area (Å²) >= 11 is 0. The van der Waals surface area contributed by atoms with Gasteiger partial charge in [-0.15, -0.1) is 0 Å². The van der Waals surface area contributed by atoms with Crippen molar-refractivity contribution in [1.82, 2.24) is 5.32 Å². The second-order valence-corrected chi connectivity index (χ2v) is 10.00. The fraction of sp³-hybridized carbons (Fsp3) is 0.536. The van der Waals surface area contributed by atoms with Gasteiger partial charge in [-0.05, 0) is 60.3 Å². The third-order valence-electron chi connectivity index (χ3n) is 6.71. The van der Waals surface area contributed by atoms with E-state index >= 15 is 0 Å². The topological polar surface area (TPSA) is 70.6 Å². The summed E-state index contributed by atoms with van der Waals surface area (Å²) in [6.07, 6.45) is 3.86. The zero-order valence-corrected chi connectivity index (χ0v) is 21.3. The van der Waals surface area contributed by atoms with Crippen LogP contribution >= 0.6 is 0 Å². The van der Waals surface area contributed by atoms with Crippen molar-refractivity contribution in [3.63, 3.8) is 0 Å². The minimum atomic E-state index is -0.0691. The van der Waals surface area contributed by atoms with Gasteiger partial charge in [-0.2, -0.15) is 0 Å². The molecule has 5 heteroatoms. The van der Waals surface area contributed by atoms with Gasteiger partial charge in [0.1, 0.15) is 11.5 Å². The minimum Gasteiger partial charge on any atom is -0.508 e. The van der Waals surface area contributed by atoms with Gasteiger partial charge >= 0.3 is 0 Å². The van der Waals surface area contributed by atoms with Crippen LogP contribution in [0.2, 0.25) is 0 Å². The van der Waals surface area contributed by atoms with Crippen LogP contribution in [0.3, 0.4) is 0 Å². The van der Waals surface area contributed by atoms with Gasteiger partial charge in [0, 0.05) is 23.9 Å². The molecule has 0 aromatic heterocycles. The number of carbonyl (C=O) groups is 1. The number of benzene rings is 2. The van der Waals surface area contributed by atoms with Crippen LogP contribution in [0.1, 0.15) is 78.4 Å². The highest BCUT2D eigenvalue weighted by atomic mass is 16.5. The molecule has 0 aliphatic heterocycles. The number of aromatic hydroxyl groups is 1. The third kappa shape index (κ3) is 7.99. The molecule has 2 rings (SSSR count). The number of anilines is 1. The average molecular weight is 455 g/mol. The summed E-state index contributed by atoms with van der Waals surface area (Å²) in [5.41, 5.74) is 3.54. The van der Waals surface area contributed by atoms with Crippen LogP contribution in [0.5, 0.6) is 11.5 Å². The predicted octanol–water partition coefficient (Wildman–Crippen LogP) is 6.15. The largest absolute Gasteiger partial charge is 0.508 e. The molecule has 182 valence electrons. The summed E-state index contributed by atoms with van der Waals surface area (Å²) in [5.74, 6) is 1.08. The zero-order chi connectivity index (χ0) is 24.5. The average Bonchev–Trinajstić information content (AvgIpc) is 2.79. The lowest BCUT2D eigenvalue weighted by molar-refractivity contribution is -0.119. The van der Waals surface area contributed by atoms with Crippen molar-refractivity contribution in [3.8, 4) is 11.5 Å². The second kappa shape index (κ2) is 12.0. The number of amides is 1. The number of carbonyl (C=O) groups excluding carboxylic acids is 1. The molecular weight excluding hydrogens is 412 g/mol. The van der Waals surface area contributed by atoms with E-state index in [1.165, 1.54) is 11.1 Å². The Labute approximate surface area is 199 Å². The molecule has 5 nitrogen and oxygen atoms in total. The van der Waals surface area contributed by atoms with Gasteiger partial charge in [0.05, 0.1) is 13.2 Å². The maximum absolute atomic E-state index is 12.0. The number of phenolic OH excluding ortho intramolecular Hbond substituents is 1. The first-order valence-electron chi connectivity index (χ1n) is 12.2. The molecule has 0 saturated carbocycles. The minimum absolute atomic E-state index is 0.0473. The van der Waals surface area contributed by atoms with Gasteiger partial charge in [0.25, 0.3) is 0 Å². The van der Waals surface area contributed by atoms with Crippen LogP contribution in [-0.4, -0.2) is 30.7 Å². The van der Waals surface area contributed by atoms with Crippen molar-refractivity contribution in [2.45, 2.75) is 78.1 Å². The van der Waals surface area contributed by atoms with Crippen LogP contribution in [0.4, 0.5) is 5.69 Å². The Bertz CT molecular complexity index is 906. The molecule has 0 heterocycles. The first-order valence-corrected chi connectivity index (χ1v) is 12.2. The quantitative estimate of drug-likeness (QED) is 0.317. The fourth-order valence-corrected chi connectivity index (χ4v) is 3.50. The van der Waals surface area contributed by atoms with E-state index in [0.717, 1.165) is 37.1 Å². The normalized spacial score (nSPS) is 11.8. The summed E-state index contributed by atoms with van der Waals surface area (Å²) in [4.78, 5) is 12.0. The highest BCUT2D eigenvalue weighted by Gasteiger charge is 2.26. The van der Waals surface area contributed by atoms with Gasteiger partial charge in [-0.3, -0.25) is 4.79 Å². The lowest BCUT2D eigenvalue weighted by Crippen LogP contribution is -2.30. The van der Waals surface area contributed by atoms with Gasteiger partial charge < -0.3 is 20.5 Å². The number of ether oxygens (including phenoxy) is 1. The first kappa shape index (κ1) is 26.6. The van der Waals surface area contributed by atoms with E-state index in [4.69, 9.17) is 4.74 Å². The Morgan fingerprint density at radius 2 is 1.70 bits per heavy atom. The van der Waals surface area contributed by atoms with E-state index in [0.29, 0.717) is 13.2 Å². The van der Waals surface area contributed by atoms with Crippen LogP contribution < -0.4 is 15.4 Å². The van der Waals surface area contributed by atoms with E-state index < -0.39 is 0 Å². The van der Waals surface area contributed by atoms with Crippen LogP contribution in [0.25, 0.3) is 0 Å². The molecule has 0 saturated heterocycles. The molecule has 0 bridgehead atoms. The second-order valence-electron chi connectivity index (χ2n) is 10.00. The van der Waals surface area contributed by atoms with E-state index in [1.54, 1.807) is 18.2 Å². The Morgan fingerprint density at radius 3 is 2.36 bits per heavy atom. The van der Waals surface area contributed by atoms with Crippen molar-refractivity contribution < 1.29 is 14.6 Å². The van der Waals surface area contributed by atoms with E-state index in [1.807, 2.05) is 6.07 Å². The molecule has 2 aromatic carbocycles. The van der Waals surface area contributed by atoms with E-state index in [-0.39, 0.29) is 29.0 Å². The molecule has 0 aliphatic carbocycles. The van der Waals surface area contributed by atoms with Crippen molar-refractivity contribution in [2.75, 3.05) is 25.0 Å². The van der Waals surface area contributed by atoms with Gasteiger partial charge in [0.2, 0.25) is 5.91 Å². The molecule has 0 radical (unpaired) electrons. The molecule has 0 fully saturated rings. The molecule has 1 amide bonds. The number of unbranched alkanes of at least 4 members (excludes halogenated alkanes) is 1. The summed E-state index contributed by atoms with van der Waals surface area (Å²) in [6.45, 7) is 15.0. The monoisotopic (exact) mass is 454 g/mol. The Kier molecular flexibility index (Phi) is 9.63. The van der Waals surface area contributed by atoms with Gasteiger partial charge in [-0.1, -0.05) is 59.7 Å². The number of nitrogens with one attached hydrogen (secondary N) is 2. The highest BCUT2D eigenvalue weighted by molar-refractivity contribution is 5.80. The number of phenols is 1. The maximum Gasteiger partial charge on any atom is 0.239 e. The molecule has 0 unspecified atom stereocenters. The number of rotatable bonds is 13. The Hall–Kier alpha value is -2.69. The molecule has 2 aromatic rings. The van der Waals surface area contributed by atoms with Crippen molar-refractivity contribution in [1.29, 1.82) is 0 Å². The SMILES string of the molecule is CCC(C)(C)c1ccc(OCCCCNC(=O)CNc2cccc(O)c2)c(C(C)(C)CC)c1. The van der Waals surface area contributed by atoms with E-state index in [2.05, 4.69) is 70.4 Å².